The zero-order valence-corrected chi connectivity index (χ0v) is 14.3. The maximum atomic E-state index is 12.8. The highest BCUT2D eigenvalue weighted by atomic mass is 79.9. The molecule has 0 N–H and O–H groups in total. The Morgan fingerprint density at radius 1 is 1.14 bits per heavy atom. The Balaban J connectivity index is 1.75. The molecular formula is C18H24BrNO. The van der Waals surface area contributed by atoms with Gasteiger partial charge in [-0.3, -0.25) is 9.69 Å². The highest BCUT2D eigenvalue weighted by Crippen LogP contribution is 2.36. The maximum Gasteiger partial charge on any atom is 0.179 e. The zero-order valence-electron chi connectivity index (χ0n) is 12.7. The molecule has 1 aromatic carbocycles. The van der Waals surface area contributed by atoms with E-state index in [4.69, 9.17) is 0 Å². The van der Waals surface area contributed by atoms with E-state index in [0.29, 0.717) is 6.04 Å². The number of benzene rings is 1. The van der Waals surface area contributed by atoms with Crippen molar-refractivity contribution in [3.8, 4) is 0 Å². The number of carbonyl (C=O) groups excluding carboxylic acids is 1. The molecule has 3 heteroatoms. The Bertz CT molecular complexity index is 496. The third-order valence-corrected chi connectivity index (χ3v) is 5.82. The Labute approximate surface area is 136 Å². The van der Waals surface area contributed by atoms with Crippen LogP contribution in [0.5, 0.6) is 0 Å². The number of hydrogen-bond donors (Lipinski definition) is 0. The molecule has 0 aromatic heterocycles. The number of hydrogen-bond acceptors (Lipinski definition) is 2. The lowest BCUT2D eigenvalue weighted by atomic mass is 9.77. The minimum atomic E-state index is 0.0112. The first kappa shape index (κ1) is 15.2. The van der Waals surface area contributed by atoms with Gasteiger partial charge in [0, 0.05) is 16.1 Å². The van der Waals surface area contributed by atoms with Gasteiger partial charge in [-0.1, -0.05) is 40.9 Å². The second-order valence-electron chi connectivity index (χ2n) is 6.54. The van der Waals surface area contributed by atoms with Crippen LogP contribution in [0.25, 0.3) is 0 Å². The van der Waals surface area contributed by atoms with Crippen molar-refractivity contribution in [2.45, 2.75) is 57.5 Å². The number of piperidine rings is 1. The van der Waals surface area contributed by atoms with E-state index in [-0.39, 0.29) is 11.8 Å². The first-order valence-electron chi connectivity index (χ1n) is 8.22. The summed E-state index contributed by atoms with van der Waals surface area (Å²) in [5, 5.41) is 0. The predicted octanol–water partition coefficient (Wildman–Crippen LogP) is 4.67. The van der Waals surface area contributed by atoms with E-state index in [1.54, 1.807) is 0 Å². The molecule has 21 heavy (non-hydrogen) atoms. The van der Waals surface area contributed by atoms with E-state index in [1.807, 2.05) is 24.3 Å². The molecule has 1 heterocycles. The Morgan fingerprint density at radius 3 is 2.57 bits per heavy atom. The minimum Gasteiger partial charge on any atom is -0.292 e. The number of likely N-dealkylation sites (tertiary alicyclic amines) is 1. The summed E-state index contributed by atoms with van der Waals surface area (Å²) in [6.45, 7) is 3.19. The molecule has 1 unspecified atom stereocenters. The van der Waals surface area contributed by atoms with Crippen LogP contribution in [0.3, 0.4) is 0 Å². The highest BCUT2D eigenvalue weighted by molar-refractivity contribution is 9.10. The fraction of sp³-hybridized carbons (Fsp3) is 0.611. The van der Waals surface area contributed by atoms with E-state index < -0.39 is 0 Å². The average Bonchev–Trinajstić information content (AvgIpc) is 2.53. The van der Waals surface area contributed by atoms with Gasteiger partial charge >= 0.3 is 0 Å². The third kappa shape index (κ3) is 3.24. The topological polar surface area (TPSA) is 20.3 Å². The fourth-order valence-corrected chi connectivity index (χ4v) is 4.41. The summed E-state index contributed by atoms with van der Waals surface area (Å²) in [7, 11) is 0. The smallest absolute Gasteiger partial charge is 0.179 e. The van der Waals surface area contributed by atoms with Crippen molar-refractivity contribution < 1.29 is 4.79 Å². The molecule has 1 aromatic rings. The lowest BCUT2D eigenvalue weighted by Gasteiger charge is -2.46. The molecule has 114 valence electrons. The van der Waals surface area contributed by atoms with Crippen LogP contribution in [0.4, 0.5) is 0 Å². The zero-order chi connectivity index (χ0) is 14.8. The second kappa shape index (κ2) is 6.62. The molecule has 0 radical (unpaired) electrons. The molecule has 0 amide bonds. The van der Waals surface area contributed by atoms with Crippen LogP contribution < -0.4 is 0 Å². The molecule has 0 spiro atoms. The second-order valence-corrected chi connectivity index (χ2v) is 7.45. The van der Waals surface area contributed by atoms with Crippen molar-refractivity contribution in [3.05, 3.63) is 34.3 Å². The predicted molar refractivity (Wildman–Crippen MR) is 89.6 cm³/mol. The molecular weight excluding hydrogens is 326 g/mol. The van der Waals surface area contributed by atoms with E-state index in [1.165, 1.54) is 38.5 Å². The van der Waals surface area contributed by atoms with Crippen LogP contribution in [0, 0.1) is 5.92 Å². The van der Waals surface area contributed by atoms with Gasteiger partial charge in [-0.2, -0.15) is 0 Å². The standard InChI is InChI=1S/C18H24BrNO/c1-13(18(21)15-8-10-16(19)11-9-15)20-12-4-6-14-5-2-3-7-17(14)20/h8-11,13-14,17H,2-7,12H2,1H3/t13?,14-,17-/m1/s1. The number of ketones is 1. The number of fused-ring (bicyclic) bond motifs is 1. The van der Waals surface area contributed by atoms with Crippen LogP contribution >= 0.6 is 15.9 Å². The maximum absolute atomic E-state index is 12.8. The van der Waals surface area contributed by atoms with Gasteiger partial charge in [-0.05, 0) is 57.2 Å². The molecule has 2 fully saturated rings. The van der Waals surface area contributed by atoms with Gasteiger partial charge in [0.15, 0.2) is 5.78 Å². The number of Topliss-reactive ketones (excluding diaryl/α,β-unsaturated/α-hetero) is 1. The van der Waals surface area contributed by atoms with Crippen LogP contribution in [-0.2, 0) is 0 Å². The van der Waals surface area contributed by atoms with Crippen molar-refractivity contribution in [2.24, 2.45) is 5.92 Å². The molecule has 2 aliphatic rings. The number of nitrogens with zero attached hydrogens (tertiary/aromatic N) is 1. The van der Waals surface area contributed by atoms with Gasteiger partial charge < -0.3 is 0 Å². The first-order valence-corrected chi connectivity index (χ1v) is 9.01. The van der Waals surface area contributed by atoms with Crippen LogP contribution in [0.2, 0.25) is 0 Å². The summed E-state index contributed by atoms with van der Waals surface area (Å²) in [4.78, 5) is 15.3. The third-order valence-electron chi connectivity index (χ3n) is 5.29. The monoisotopic (exact) mass is 349 g/mol. The van der Waals surface area contributed by atoms with E-state index in [9.17, 15) is 4.79 Å². The van der Waals surface area contributed by atoms with Crippen LogP contribution in [-0.4, -0.2) is 29.3 Å². The minimum absolute atomic E-state index is 0.0112. The molecule has 2 nitrogen and oxygen atoms in total. The first-order chi connectivity index (χ1) is 10.2. The van der Waals surface area contributed by atoms with Gasteiger partial charge in [-0.15, -0.1) is 0 Å². The van der Waals surface area contributed by atoms with Gasteiger partial charge in [0.05, 0.1) is 6.04 Å². The average molecular weight is 350 g/mol. The van der Waals surface area contributed by atoms with Crippen molar-refractivity contribution in [1.82, 2.24) is 4.90 Å². The Morgan fingerprint density at radius 2 is 1.81 bits per heavy atom. The lowest BCUT2D eigenvalue weighted by Crippen LogP contribution is -2.53. The molecule has 1 saturated carbocycles. The van der Waals surface area contributed by atoms with Crippen molar-refractivity contribution in [1.29, 1.82) is 0 Å². The van der Waals surface area contributed by atoms with E-state index >= 15 is 0 Å². The van der Waals surface area contributed by atoms with Gasteiger partial charge in [-0.25, -0.2) is 0 Å². The summed E-state index contributed by atoms with van der Waals surface area (Å²) < 4.78 is 1.03. The van der Waals surface area contributed by atoms with Crippen molar-refractivity contribution in [2.75, 3.05) is 6.54 Å². The fourth-order valence-electron chi connectivity index (χ4n) is 4.15. The SMILES string of the molecule is CC(C(=O)c1ccc(Br)cc1)N1CCC[C@H]2CCCC[C@H]21. The molecule has 1 aliphatic carbocycles. The van der Waals surface area contributed by atoms with Crippen LogP contribution in [0.1, 0.15) is 55.8 Å². The number of halogens is 1. The summed E-state index contributed by atoms with van der Waals surface area (Å²) in [6, 6.07) is 8.44. The lowest BCUT2D eigenvalue weighted by molar-refractivity contribution is 0.0297. The van der Waals surface area contributed by atoms with Gasteiger partial charge in [0.1, 0.15) is 0 Å². The van der Waals surface area contributed by atoms with Crippen molar-refractivity contribution in [3.63, 3.8) is 0 Å². The molecule has 1 saturated heterocycles. The Kier molecular flexibility index (Phi) is 4.80. The van der Waals surface area contributed by atoms with E-state index in [0.717, 1.165) is 22.5 Å². The molecule has 1 aliphatic heterocycles. The summed E-state index contributed by atoms with van der Waals surface area (Å²) in [5.74, 6) is 1.10. The summed E-state index contributed by atoms with van der Waals surface area (Å²) in [6.07, 6.45) is 7.96. The van der Waals surface area contributed by atoms with E-state index in [2.05, 4.69) is 27.8 Å². The molecule has 3 rings (SSSR count). The highest BCUT2D eigenvalue weighted by Gasteiger charge is 2.37. The van der Waals surface area contributed by atoms with Crippen LogP contribution in [0.15, 0.2) is 28.7 Å². The summed E-state index contributed by atoms with van der Waals surface area (Å²) >= 11 is 3.43. The largest absolute Gasteiger partial charge is 0.292 e. The Hall–Kier alpha value is -0.670. The van der Waals surface area contributed by atoms with Gasteiger partial charge in [0.25, 0.3) is 0 Å². The molecule has 0 bridgehead atoms. The number of carbonyl (C=O) groups is 1. The van der Waals surface area contributed by atoms with Gasteiger partial charge in [0.2, 0.25) is 0 Å². The molecule has 3 atom stereocenters. The quantitative estimate of drug-likeness (QED) is 0.738. The van der Waals surface area contributed by atoms with Crippen molar-refractivity contribution >= 4 is 21.7 Å². The normalized spacial score (nSPS) is 27.9. The number of rotatable bonds is 3. The summed E-state index contributed by atoms with van der Waals surface area (Å²) in [5.41, 5.74) is 0.837.